The number of likely N-dealkylation sites (tertiary alicyclic amines) is 1. The Balaban J connectivity index is 0.00000169. The summed E-state index contributed by atoms with van der Waals surface area (Å²) < 4.78 is 0. The van der Waals surface area contributed by atoms with Gasteiger partial charge in [0, 0.05) is 30.2 Å². The third-order valence-electron chi connectivity index (χ3n) is 5.05. The molecule has 1 aliphatic heterocycles. The van der Waals surface area contributed by atoms with Gasteiger partial charge in [-0.2, -0.15) is 0 Å². The van der Waals surface area contributed by atoms with Crippen LogP contribution < -0.4 is 0 Å². The first kappa shape index (κ1) is 17.1. The smallest absolute Gasteiger partial charge is 0.0456 e. The molecule has 0 amide bonds. The summed E-state index contributed by atoms with van der Waals surface area (Å²) in [7, 11) is 0. The maximum absolute atomic E-state index is 3.43. The third kappa shape index (κ3) is 3.66. The fourth-order valence-corrected chi connectivity index (χ4v) is 3.84. The topological polar surface area (TPSA) is 19.0 Å². The number of fused-ring (bicyclic) bond motifs is 1. The molecule has 2 heterocycles. The summed E-state index contributed by atoms with van der Waals surface area (Å²) in [6.07, 6.45) is 4.71. The number of hydrogen-bond donors (Lipinski definition) is 1. The molecule has 1 fully saturated rings. The molecule has 2 nitrogen and oxygen atoms in total. The van der Waals surface area contributed by atoms with Gasteiger partial charge in [-0.3, -0.25) is 4.90 Å². The zero-order valence-electron chi connectivity index (χ0n) is 14.2. The largest absolute Gasteiger partial charge is 0.361 e. The van der Waals surface area contributed by atoms with Crippen LogP contribution in [-0.4, -0.2) is 23.0 Å². The lowest BCUT2D eigenvalue weighted by atomic mass is 9.98. The van der Waals surface area contributed by atoms with E-state index in [4.69, 9.17) is 0 Å². The summed E-state index contributed by atoms with van der Waals surface area (Å²) in [6.45, 7) is 5.70. The van der Waals surface area contributed by atoms with Crippen LogP contribution in [0.3, 0.4) is 0 Å². The SMILES string of the molecule is Cc1ccc2[nH]cc(CC3CCN(Cc4ccccc4)C3)c2c1.Cl. The summed E-state index contributed by atoms with van der Waals surface area (Å²) in [5, 5.41) is 1.41. The van der Waals surface area contributed by atoms with Crippen molar-refractivity contribution < 1.29 is 0 Å². The third-order valence-corrected chi connectivity index (χ3v) is 5.05. The number of aromatic nitrogens is 1. The van der Waals surface area contributed by atoms with Crippen LogP contribution in [0, 0.1) is 12.8 Å². The lowest BCUT2D eigenvalue weighted by Gasteiger charge is -2.16. The van der Waals surface area contributed by atoms with E-state index in [0.717, 1.165) is 12.5 Å². The number of benzene rings is 2. The molecule has 0 radical (unpaired) electrons. The van der Waals surface area contributed by atoms with Crippen molar-refractivity contribution >= 4 is 23.3 Å². The Labute approximate surface area is 150 Å². The Hall–Kier alpha value is -1.77. The molecule has 1 saturated heterocycles. The molecular formula is C21H25ClN2. The standard InChI is InChI=1S/C21H24N2.ClH/c1-16-7-8-21-20(11-16)19(13-22-21)12-18-9-10-23(15-18)14-17-5-3-2-4-6-17;/h2-8,11,13,18,22H,9-10,12,14-15H2,1H3;1H. The Morgan fingerprint density at radius 3 is 2.79 bits per heavy atom. The van der Waals surface area contributed by atoms with Crippen LogP contribution in [0.4, 0.5) is 0 Å². The fraction of sp³-hybridized carbons (Fsp3) is 0.333. The molecule has 4 rings (SSSR count). The number of halogens is 1. The van der Waals surface area contributed by atoms with Crippen molar-refractivity contribution in [1.29, 1.82) is 0 Å². The highest BCUT2D eigenvalue weighted by Crippen LogP contribution is 2.27. The first-order valence-electron chi connectivity index (χ1n) is 8.61. The minimum atomic E-state index is 0. The molecule has 3 heteroatoms. The molecule has 1 unspecified atom stereocenters. The van der Waals surface area contributed by atoms with E-state index in [0.29, 0.717) is 0 Å². The second-order valence-electron chi connectivity index (χ2n) is 6.94. The summed E-state index contributed by atoms with van der Waals surface area (Å²) >= 11 is 0. The van der Waals surface area contributed by atoms with Crippen molar-refractivity contribution in [3.8, 4) is 0 Å². The number of nitrogens with one attached hydrogen (secondary N) is 1. The molecule has 3 aromatic rings. The Morgan fingerprint density at radius 1 is 1.12 bits per heavy atom. The summed E-state index contributed by atoms with van der Waals surface area (Å²) in [6, 6.07) is 17.5. The molecule has 0 bridgehead atoms. The van der Waals surface area contributed by atoms with Crippen LogP contribution >= 0.6 is 12.4 Å². The molecule has 1 atom stereocenters. The highest BCUT2D eigenvalue weighted by molar-refractivity contribution is 5.85. The van der Waals surface area contributed by atoms with E-state index in [9.17, 15) is 0 Å². The first-order chi connectivity index (χ1) is 11.3. The van der Waals surface area contributed by atoms with Gasteiger partial charge in [0.05, 0.1) is 0 Å². The van der Waals surface area contributed by atoms with Crippen LogP contribution in [-0.2, 0) is 13.0 Å². The molecule has 24 heavy (non-hydrogen) atoms. The van der Waals surface area contributed by atoms with Crippen molar-refractivity contribution in [3.63, 3.8) is 0 Å². The molecular weight excluding hydrogens is 316 g/mol. The van der Waals surface area contributed by atoms with Crippen LogP contribution in [0.15, 0.2) is 54.7 Å². The molecule has 0 aliphatic carbocycles. The number of rotatable bonds is 4. The van der Waals surface area contributed by atoms with Crippen molar-refractivity contribution in [2.45, 2.75) is 26.3 Å². The average Bonchev–Trinajstić information content (AvgIpc) is 3.16. The van der Waals surface area contributed by atoms with Gasteiger partial charge in [0.15, 0.2) is 0 Å². The van der Waals surface area contributed by atoms with E-state index in [2.05, 4.69) is 71.5 Å². The Bertz CT molecular complexity index is 794. The highest BCUT2D eigenvalue weighted by atomic mass is 35.5. The maximum atomic E-state index is 3.43. The predicted molar refractivity (Wildman–Crippen MR) is 104 cm³/mol. The Morgan fingerprint density at radius 2 is 1.96 bits per heavy atom. The molecule has 1 N–H and O–H groups in total. The minimum absolute atomic E-state index is 0. The molecule has 1 aliphatic rings. The van der Waals surface area contributed by atoms with E-state index in [1.165, 1.54) is 53.5 Å². The van der Waals surface area contributed by atoms with E-state index in [1.807, 2.05) is 0 Å². The van der Waals surface area contributed by atoms with Gasteiger partial charge >= 0.3 is 0 Å². The molecule has 0 saturated carbocycles. The van der Waals surface area contributed by atoms with Gasteiger partial charge in [0.1, 0.15) is 0 Å². The normalized spacial score (nSPS) is 18.0. The number of aromatic amines is 1. The number of aryl methyl sites for hydroxylation is 1. The van der Waals surface area contributed by atoms with Gasteiger partial charge < -0.3 is 4.98 Å². The van der Waals surface area contributed by atoms with Crippen LogP contribution in [0.1, 0.15) is 23.1 Å². The zero-order valence-corrected chi connectivity index (χ0v) is 15.0. The molecule has 0 spiro atoms. The minimum Gasteiger partial charge on any atom is -0.361 e. The van der Waals surface area contributed by atoms with Crippen molar-refractivity contribution in [2.24, 2.45) is 5.92 Å². The molecule has 2 aromatic carbocycles. The van der Waals surface area contributed by atoms with Gasteiger partial charge in [-0.1, -0.05) is 42.0 Å². The van der Waals surface area contributed by atoms with E-state index in [1.54, 1.807) is 0 Å². The lowest BCUT2D eigenvalue weighted by molar-refractivity contribution is 0.316. The monoisotopic (exact) mass is 340 g/mol. The van der Waals surface area contributed by atoms with Gasteiger partial charge in [-0.15, -0.1) is 12.4 Å². The number of H-pyrrole nitrogens is 1. The number of hydrogen-bond acceptors (Lipinski definition) is 1. The summed E-state index contributed by atoms with van der Waals surface area (Å²) in [4.78, 5) is 6.02. The van der Waals surface area contributed by atoms with Crippen LogP contribution in [0.25, 0.3) is 10.9 Å². The summed E-state index contributed by atoms with van der Waals surface area (Å²) in [5.41, 5.74) is 5.52. The van der Waals surface area contributed by atoms with E-state index in [-0.39, 0.29) is 12.4 Å². The lowest BCUT2D eigenvalue weighted by Crippen LogP contribution is -2.20. The van der Waals surface area contributed by atoms with Gasteiger partial charge in [-0.25, -0.2) is 0 Å². The highest BCUT2D eigenvalue weighted by Gasteiger charge is 2.23. The first-order valence-corrected chi connectivity index (χ1v) is 8.61. The maximum Gasteiger partial charge on any atom is 0.0456 e. The predicted octanol–water partition coefficient (Wildman–Crippen LogP) is 4.96. The van der Waals surface area contributed by atoms with Gasteiger partial charge in [-0.05, 0) is 55.5 Å². The zero-order chi connectivity index (χ0) is 15.6. The van der Waals surface area contributed by atoms with Crippen molar-refractivity contribution in [2.75, 3.05) is 13.1 Å². The van der Waals surface area contributed by atoms with Crippen molar-refractivity contribution in [1.82, 2.24) is 9.88 Å². The Kier molecular flexibility index (Phi) is 5.27. The summed E-state index contributed by atoms with van der Waals surface area (Å²) in [5.74, 6) is 0.776. The second-order valence-corrected chi connectivity index (χ2v) is 6.94. The fourth-order valence-electron chi connectivity index (χ4n) is 3.84. The average molecular weight is 341 g/mol. The van der Waals surface area contributed by atoms with E-state index >= 15 is 0 Å². The van der Waals surface area contributed by atoms with Gasteiger partial charge in [0.2, 0.25) is 0 Å². The molecule has 126 valence electrons. The van der Waals surface area contributed by atoms with E-state index < -0.39 is 0 Å². The van der Waals surface area contributed by atoms with Crippen LogP contribution in [0.2, 0.25) is 0 Å². The quantitative estimate of drug-likeness (QED) is 0.711. The van der Waals surface area contributed by atoms with Crippen LogP contribution in [0.5, 0.6) is 0 Å². The number of nitrogens with zero attached hydrogens (tertiary/aromatic N) is 1. The molecule has 1 aromatic heterocycles. The van der Waals surface area contributed by atoms with Gasteiger partial charge in [0.25, 0.3) is 0 Å². The second kappa shape index (κ2) is 7.42. The van der Waals surface area contributed by atoms with Crippen molar-refractivity contribution in [3.05, 3.63) is 71.4 Å².